The molecule has 1 atom stereocenters. The van der Waals surface area contributed by atoms with Crippen molar-refractivity contribution in [1.82, 2.24) is 10.2 Å². The number of nitrogens with one attached hydrogen (secondary N) is 1. The van der Waals surface area contributed by atoms with Crippen LogP contribution in [0, 0.1) is 12.3 Å². The molecule has 1 heterocycles. The lowest BCUT2D eigenvalue weighted by atomic mass is 10.2. The molecular weight excluding hydrogens is 204 g/mol. The number of ether oxygens (including phenoxy) is 1. The highest BCUT2D eigenvalue weighted by atomic mass is 16.5. The van der Waals surface area contributed by atoms with Gasteiger partial charge in [-0.05, 0) is 13.0 Å². The molecule has 16 heavy (non-hydrogen) atoms. The number of unbranched alkanes of at least 4 members (excludes halogenated alkanes) is 1. The van der Waals surface area contributed by atoms with Crippen LogP contribution in [0.15, 0.2) is 0 Å². The Labute approximate surface area is 98.0 Å². The van der Waals surface area contributed by atoms with Crippen molar-refractivity contribution in [3.8, 4) is 12.3 Å². The number of rotatable bonds is 7. The van der Waals surface area contributed by atoms with Crippen molar-refractivity contribution in [2.24, 2.45) is 0 Å². The van der Waals surface area contributed by atoms with E-state index in [1.54, 1.807) is 0 Å². The van der Waals surface area contributed by atoms with Gasteiger partial charge in [0.25, 0.3) is 0 Å². The lowest BCUT2D eigenvalue weighted by Gasteiger charge is -2.28. The maximum atomic E-state index is 9.77. The first-order chi connectivity index (χ1) is 7.83. The van der Waals surface area contributed by atoms with E-state index < -0.39 is 0 Å². The van der Waals surface area contributed by atoms with Crippen LogP contribution in [-0.2, 0) is 4.74 Å². The van der Waals surface area contributed by atoms with E-state index >= 15 is 0 Å². The second-order valence-electron chi connectivity index (χ2n) is 4.08. The standard InChI is InChI=1S/C12H22N2O2/c1-2-3-4-5-13-10-12(15)11-14-6-8-16-9-7-14/h1,12-13,15H,3-11H2. The van der Waals surface area contributed by atoms with Crippen LogP contribution >= 0.6 is 0 Å². The predicted octanol–water partition coefficient (Wildman–Crippen LogP) is -0.317. The summed E-state index contributed by atoms with van der Waals surface area (Å²) in [6, 6.07) is 0. The number of aliphatic hydroxyl groups is 1. The van der Waals surface area contributed by atoms with Gasteiger partial charge in [-0.3, -0.25) is 4.90 Å². The summed E-state index contributed by atoms with van der Waals surface area (Å²) < 4.78 is 5.25. The average molecular weight is 226 g/mol. The van der Waals surface area contributed by atoms with Crippen LogP contribution in [0.2, 0.25) is 0 Å². The van der Waals surface area contributed by atoms with Crippen molar-refractivity contribution >= 4 is 0 Å². The van der Waals surface area contributed by atoms with Crippen LogP contribution < -0.4 is 5.32 Å². The Morgan fingerprint density at radius 1 is 1.44 bits per heavy atom. The molecule has 0 amide bonds. The number of morpholine rings is 1. The van der Waals surface area contributed by atoms with Crippen molar-refractivity contribution in [2.75, 3.05) is 45.9 Å². The van der Waals surface area contributed by atoms with E-state index in [9.17, 15) is 5.11 Å². The molecule has 1 saturated heterocycles. The summed E-state index contributed by atoms with van der Waals surface area (Å²) in [4.78, 5) is 2.23. The van der Waals surface area contributed by atoms with Gasteiger partial charge >= 0.3 is 0 Å². The van der Waals surface area contributed by atoms with Gasteiger partial charge in [0.2, 0.25) is 0 Å². The molecule has 4 nitrogen and oxygen atoms in total. The number of aliphatic hydroxyl groups excluding tert-OH is 1. The normalized spacial score (nSPS) is 19.2. The summed E-state index contributed by atoms with van der Waals surface area (Å²) >= 11 is 0. The summed E-state index contributed by atoms with van der Waals surface area (Å²) in [7, 11) is 0. The summed E-state index contributed by atoms with van der Waals surface area (Å²) in [5.74, 6) is 2.60. The molecule has 0 aliphatic carbocycles. The number of hydrogen-bond donors (Lipinski definition) is 2. The first-order valence-electron chi connectivity index (χ1n) is 5.95. The molecule has 0 radical (unpaired) electrons. The Morgan fingerprint density at radius 2 is 2.19 bits per heavy atom. The topological polar surface area (TPSA) is 44.7 Å². The van der Waals surface area contributed by atoms with Crippen LogP contribution in [0.4, 0.5) is 0 Å². The van der Waals surface area contributed by atoms with Crippen molar-refractivity contribution in [2.45, 2.75) is 18.9 Å². The molecular formula is C12H22N2O2. The van der Waals surface area contributed by atoms with Gasteiger partial charge in [-0.25, -0.2) is 0 Å². The second kappa shape index (κ2) is 8.54. The van der Waals surface area contributed by atoms with Gasteiger partial charge < -0.3 is 15.2 Å². The minimum atomic E-state index is -0.302. The van der Waals surface area contributed by atoms with Gasteiger partial charge in [0.05, 0.1) is 19.3 Å². The maximum absolute atomic E-state index is 9.77. The molecule has 0 saturated carbocycles. The fraction of sp³-hybridized carbons (Fsp3) is 0.833. The number of nitrogens with zero attached hydrogens (tertiary/aromatic N) is 1. The Bertz CT molecular complexity index is 210. The van der Waals surface area contributed by atoms with Gasteiger partial charge in [-0.2, -0.15) is 0 Å². The zero-order chi connectivity index (χ0) is 11.6. The zero-order valence-electron chi connectivity index (χ0n) is 9.82. The fourth-order valence-electron chi connectivity index (χ4n) is 1.73. The highest BCUT2D eigenvalue weighted by Crippen LogP contribution is 1.98. The number of hydrogen-bond acceptors (Lipinski definition) is 4. The SMILES string of the molecule is C#CCCCNCC(O)CN1CCOCC1. The van der Waals surface area contributed by atoms with Gasteiger partial charge in [-0.1, -0.05) is 0 Å². The van der Waals surface area contributed by atoms with Crippen LogP contribution in [0.1, 0.15) is 12.8 Å². The molecule has 1 unspecified atom stereocenters. The smallest absolute Gasteiger partial charge is 0.0791 e. The summed E-state index contributed by atoms with van der Waals surface area (Å²) in [5.41, 5.74) is 0. The molecule has 92 valence electrons. The lowest BCUT2D eigenvalue weighted by Crippen LogP contribution is -2.43. The van der Waals surface area contributed by atoms with Gasteiger partial charge in [0, 0.05) is 32.6 Å². The summed E-state index contributed by atoms with van der Waals surface area (Å²) in [6.07, 6.45) is 6.62. The van der Waals surface area contributed by atoms with Crippen LogP contribution in [0.3, 0.4) is 0 Å². The highest BCUT2D eigenvalue weighted by Gasteiger charge is 2.14. The molecule has 0 aromatic heterocycles. The van der Waals surface area contributed by atoms with Gasteiger partial charge in [0.1, 0.15) is 0 Å². The molecule has 4 heteroatoms. The van der Waals surface area contributed by atoms with Crippen LogP contribution in [-0.4, -0.2) is 62.0 Å². The number of β-amino-alcohol motifs (C(OH)–C–C–N with tert-alkyl or cyclic N) is 1. The van der Waals surface area contributed by atoms with Crippen molar-refractivity contribution < 1.29 is 9.84 Å². The van der Waals surface area contributed by atoms with E-state index in [4.69, 9.17) is 11.2 Å². The molecule has 2 N–H and O–H groups in total. The first-order valence-corrected chi connectivity index (χ1v) is 5.95. The Balaban J connectivity index is 1.97. The van der Waals surface area contributed by atoms with E-state index in [1.165, 1.54) is 0 Å². The highest BCUT2D eigenvalue weighted by molar-refractivity contribution is 4.83. The Kier molecular flexibility index (Phi) is 7.19. The minimum absolute atomic E-state index is 0.302. The molecule has 1 aliphatic rings. The zero-order valence-corrected chi connectivity index (χ0v) is 9.82. The fourth-order valence-corrected chi connectivity index (χ4v) is 1.73. The van der Waals surface area contributed by atoms with E-state index in [0.29, 0.717) is 6.54 Å². The maximum Gasteiger partial charge on any atom is 0.0791 e. The van der Waals surface area contributed by atoms with Crippen molar-refractivity contribution in [1.29, 1.82) is 0 Å². The van der Waals surface area contributed by atoms with E-state index in [2.05, 4.69) is 16.1 Å². The van der Waals surface area contributed by atoms with Crippen molar-refractivity contribution in [3.63, 3.8) is 0 Å². The van der Waals surface area contributed by atoms with Gasteiger partial charge in [0.15, 0.2) is 0 Å². The van der Waals surface area contributed by atoms with E-state index in [-0.39, 0.29) is 6.10 Å². The molecule has 1 aliphatic heterocycles. The van der Waals surface area contributed by atoms with Crippen LogP contribution in [0.25, 0.3) is 0 Å². The molecule has 0 aromatic rings. The molecule has 1 fully saturated rings. The third kappa shape index (κ3) is 6.09. The van der Waals surface area contributed by atoms with Crippen LogP contribution in [0.5, 0.6) is 0 Å². The summed E-state index contributed by atoms with van der Waals surface area (Å²) in [6.45, 7) is 5.66. The third-order valence-corrected chi connectivity index (χ3v) is 2.63. The monoisotopic (exact) mass is 226 g/mol. The van der Waals surface area contributed by atoms with E-state index in [0.717, 1.165) is 52.2 Å². The summed E-state index contributed by atoms with van der Waals surface area (Å²) in [5, 5.41) is 13.0. The minimum Gasteiger partial charge on any atom is -0.390 e. The predicted molar refractivity (Wildman–Crippen MR) is 64.2 cm³/mol. The van der Waals surface area contributed by atoms with Crippen molar-refractivity contribution in [3.05, 3.63) is 0 Å². The molecule has 1 rings (SSSR count). The van der Waals surface area contributed by atoms with Gasteiger partial charge in [-0.15, -0.1) is 12.3 Å². The molecule has 0 spiro atoms. The molecule has 0 aromatic carbocycles. The average Bonchev–Trinajstić information content (AvgIpc) is 2.30. The van der Waals surface area contributed by atoms with E-state index in [1.807, 2.05) is 0 Å². The number of terminal acetylenes is 1. The first kappa shape index (κ1) is 13.5. The largest absolute Gasteiger partial charge is 0.390 e. The lowest BCUT2D eigenvalue weighted by molar-refractivity contribution is 0.0150. The Hall–Kier alpha value is -0.600. The molecule has 0 bridgehead atoms. The Morgan fingerprint density at radius 3 is 2.88 bits per heavy atom. The quantitative estimate of drug-likeness (QED) is 0.461. The third-order valence-electron chi connectivity index (χ3n) is 2.63. The second-order valence-corrected chi connectivity index (χ2v) is 4.08.